The summed E-state index contributed by atoms with van der Waals surface area (Å²) in [5, 5.41) is 26.4. The Kier molecular flexibility index (Phi) is 8.68. The lowest BCUT2D eigenvalue weighted by Gasteiger charge is -2.31. The van der Waals surface area contributed by atoms with Gasteiger partial charge in [0.15, 0.2) is 5.82 Å². The van der Waals surface area contributed by atoms with E-state index in [1.54, 1.807) is 0 Å². The predicted molar refractivity (Wildman–Crippen MR) is 72.6 cm³/mol. The van der Waals surface area contributed by atoms with Crippen molar-refractivity contribution in [1.82, 2.24) is 15.2 Å². The second-order valence-electron chi connectivity index (χ2n) is 5.12. The number of aromatic nitrogens is 3. The van der Waals surface area contributed by atoms with Crippen LogP contribution in [0.4, 0.5) is 0 Å². The molecule has 0 saturated carbocycles. The highest BCUT2D eigenvalue weighted by atomic mass is 31.1. The van der Waals surface area contributed by atoms with Gasteiger partial charge in [-0.3, -0.25) is 5.10 Å². The summed E-state index contributed by atoms with van der Waals surface area (Å²) in [4.78, 5) is 18.1. The van der Waals surface area contributed by atoms with E-state index in [1.807, 2.05) is 27.7 Å². The van der Waals surface area contributed by atoms with E-state index >= 15 is 0 Å². The molecule has 8 nitrogen and oxygen atoms in total. The van der Waals surface area contributed by atoms with Crippen molar-refractivity contribution in [2.24, 2.45) is 17.8 Å². The van der Waals surface area contributed by atoms with Gasteiger partial charge in [0.1, 0.15) is 12.4 Å². The van der Waals surface area contributed by atoms with Crippen molar-refractivity contribution in [2.45, 2.75) is 39.9 Å². The number of hydrogen-bond donors (Lipinski definition) is 5. The van der Waals surface area contributed by atoms with Gasteiger partial charge >= 0.3 is 8.25 Å². The third kappa shape index (κ3) is 6.49. The molecule has 0 radical (unpaired) electrons. The summed E-state index contributed by atoms with van der Waals surface area (Å²) in [7, 11) is -2.87. The topological polar surface area (TPSA) is 140 Å². The zero-order valence-corrected chi connectivity index (χ0v) is 12.9. The molecular formula is C11H23N3O5P+. The molecule has 9 heteroatoms. The molecule has 0 spiro atoms. The van der Waals surface area contributed by atoms with Gasteiger partial charge in [-0.25, -0.2) is 4.98 Å². The van der Waals surface area contributed by atoms with Gasteiger partial charge in [-0.05, 0) is 17.8 Å². The molecule has 1 aromatic heterocycles. The van der Waals surface area contributed by atoms with Crippen LogP contribution in [0.25, 0.3) is 0 Å². The Labute approximate surface area is 118 Å². The summed E-state index contributed by atoms with van der Waals surface area (Å²) in [5.41, 5.74) is 0. The highest BCUT2D eigenvalue weighted by Crippen LogP contribution is 2.30. The van der Waals surface area contributed by atoms with Gasteiger partial charge in [-0.2, -0.15) is 5.10 Å². The maximum absolute atomic E-state index is 10.2. The van der Waals surface area contributed by atoms with Gasteiger partial charge in [0, 0.05) is 4.57 Å². The quantitative estimate of drug-likeness (QED) is 0.506. The van der Waals surface area contributed by atoms with Crippen LogP contribution in [-0.4, -0.2) is 41.3 Å². The Morgan fingerprint density at radius 3 is 1.90 bits per heavy atom. The van der Waals surface area contributed by atoms with Crippen LogP contribution in [0.2, 0.25) is 0 Å². The van der Waals surface area contributed by atoms with Crippen LogP contribution in [0.5, 0.6) is 0 Å². The molecule has 2 unspecified atom stereocenters. The molecule has 0 aliphatic carbocycles. The first-order chi connectivity index (χ1) is 9.18. The van der Waals surface area contributed by atoms with E-state index in [1.165, 1.54) is 6.33 Å². The van der Waals surface area contributed by atoms with Crippen LogP contribution >= 0.6 is 8.25 Å². The average Bonchev–Trinajstić information content (AvgIpc) is 2.79. The lowest BCUT2D eigenvalue weighted by molar-refractivity contribution is -0.0496. The minimum atomic E-state index is -2.87. The first-order valence-corrected chi connectivity index (χ1v) is 7.41. The van der Waals surface area contributed by atoms with Crippen LogP contribution in [0.3, 0.4) is 0 Å². The molecule has 0 bridgehead atoms. The second kappa shape index (κ2) is 9.10. The Bertz CT molecular complexity index is 373. The zero-order chi connectivity index (χ0) is 15.9. The Morgan fingerprint density at radius 1 is 1.15 bits per heavy atom. The molecule has 1 rings (SSSR count). The molecule has 116 valence electrons. The van der Waals surface area contributed by atoms with Crippen molar-refractivity contribution in [3.05, 3.63) is 12.2 Å². The average molecular weight is 308 g/mol. The lowest BCUT2D eigenvalue weighted by Crippen LogP contribution is -2.35. The fraction of sp³-hybridized carbons (Fsp3) is 0.818. The van der Waals surface area contributed by atoms with E-state index in [2.05, 4.69) is 15.2 Å². The number of aromatic amines is 1. The summed E-state index contributed by atoms with van der Waals surface area (Å²) in [5.74, 6) is 0.944. The zero-order valence-electron chi connectivity index (χ0n) is 12.0. The minimum absolute atomic E-state index is 0.0279. The van der Waals surface area contributed by atoms with Crippen LogP contribution < -0.4 is 0 Å². The van der Waals surface area contributed by atoms with E-state index < -0.39 is 20.5 Å². The van der Waals surface area contributed by atoms with Crippen LogP contribution in [0.1, 0.15) is 39.6 Å². The molecule has 20 heavy (non-hydrogen) atoms. The summed E-state index contributed by atoms with van der Waals surface area (Å²) < 4.78 is 8.70. The van der Waals surface area contributed by atoms with Crippen molar-refractivity contribution in [3.63, 3.8) is 0 Å². The van der Waals surface area contributed by atoms with Gasteiger partial charge in [0.25, 0.3) is 0 Å². The molecule has 2 atom stereocenters. The third-order valence-corrected chi connectivity index (χ3v) is 2.97. The number of H-pyrrole nitrogens is 1. The van der Waals surface area contributed by atoms with Crippen molar-refractivity contribution >= 4 is 8.25 Å². The Hall–Kier alpha value is -0.920. The van der Waals surface area contributed by atoms with E-state index in [0.29, 0.717) is 17.7 Å². The van der Waals surface area contributed by atoms with E-state index in [9.17, 15) is 10.2 Å². The summed E-state index contributed by atoms with van der Waals surface area (Å²) in [6.07, 6.45) is -0.504. The predicted octanol–water partition coefficient (Wildman–Crippen LogP) is 0.756. The highest BCUT2D eigenvalue weighted by molar-refractivity contribution is 7.30. The van der Waals surface area contributed by atoms with Crippen LogP contribution in [0.15, 0.2) is 6.33 Å². The summed E-state index contributed by atoms with van der Waals surface area (Å²) in [6.45, 7) is 8.17. The first kappa shape index (κ1) is 19.1. The maximum atomic E-state index is 10.2. The minimum Gasteiger partial charge on any atom is -0.390 e. The third-order valence-electron chi connectivity index (χ3n) is 2.97. The standard InChI is InChI=1S/C11H21N3O2.HO3P/c1-6(2)8(7(3)4)9(15)10(16)11-12-5-13-14-11;1-4(2)3/h5-10,15-16H,1-4H3,(H,12,13,14);(H-,1,2,3)/p+1. The maximum Gasteiger partial charge on any atom is 0.692 e. The van der Waals surface area contributed by atoms with E-state index in [0.717, 1.165) is 0 Å². The summed E-state index contributed by atoms with van der Waals surface area (Å²) >= 11 is 0. The second-order valence-corrected chi connectivity index (χ2v) is 5.63. The number of rotatable bonds is 5. The molecule has 0 amide bonds. The molecule has 0 aliphatic rings. The van der Waals surface area contributed by atoms with Gasteiger partial charge in [-0.1, -0.05) is 27.7 Å². The number of aliphatic hydroxyl groups is 2. The molecular weight excluding hydrogens is 285 g/mol. The normalized spacial score (nSPS) is 14.2. The number of aliphatic hydroxyl groups excluding tert-OH is 2. The number of nitrogens with one attached hydrogen (secondary N) is 1. The van der Waals surface area contributed by atoms with Gasteiger partial charge in [-0.15, -0.1) is 9.79 Å². The van der Waals surface area contributed by atoms with Crippen molar-refractivity contribution in [2.75, 3.05) is 0 Å². The number of hydrogen-bond acceptors (Lipinski definition) is 5. The van der Waals surface area contributed by atoms with Crippen molar-refractivity contribution in [1.29, 1.82) is 0 Å². The lowest BCUT2D eigenvalue weighted by atomic mass is 9.79. The SMILES string of the molecule is CC(C)C(C(C)C)C(O)C(O)c1ncn[nH]1.O=[P+](O)O. The smallest absolute Gasteiger partial charge is 0.390 e. The molecule has 1 aromatic rings. The fourth-order valence-corrected chi connectivity index (χ4v) is 2.29. The largest absolute Gasteiger partial charge is 0.692 e. The Morgan fingerprint density at radius 2 is 1.60 bits per heavy atom. The van der Waals surface area contributed by atoms with Gasteiger partial charge in [0.05, 0.1) is 6.10 Å². The molecule has 1 heterocycles. The van der Waals surface area contributed by atoms with Crippen molar-refractivity contribution < 1.29 is 24.6 Å². The highest BCUT2D eigenvalue weighted by Gasteiger charge is 2.33. The van der Waals surface area contributed by atoms with Gasteiger partial charge < -0.3 is 10.2 Å². The van der Waals surface area contributed by atoms with Crippen LogP contribution in [0, 0.1) is 17.8 Å². The van der Waals surface area contributed by atoms with Crippen molar-refractivity contribution in [3.8, 4) is 0 Å². The molecule has 0 saturated heterocycles. The van der Waals surface area contributed by atoms with Gasteiger partial charge in [0.2, 0.25) is 0 Å². The Balaban J connectivity index is 0.000000796. The molecule has 0 aromatic carbocycles. The fourth-order valence-electron chi connectivity index (χ4n) is 2.29. The molecule has 0 fully saturated rings. The van der Waals surface area contributed by atoms with Crippen LogP contribution in [-0.2, 0) is 4.57 Å². The van der Waals surface area contributed by atoms with E-state index in [4.69, 9.17) is 14.4 Å². The summed E-state index contributed by atoms with van der Waals surface area (Å²) in [6, 6.07) is 0. The first-order valence-electron chi connectivity index (χ1n) is 6.24. The number of nitrogens with zero attached hydrogens (tertiary/aromatic N) is 2. The molecule has 0 aliphatic heterocycles. The van der Waals surface area contributed by atoms with E-state index in [-0.39, 0.29) is 5.92 Å². The monoisotopic (exact) mass is 308 g/mol. The molecule has 5 N–H and O–H groups in total.